The van der Waals surface area contributed by atoms with Crippen LogP contribution in [0.3, 0.4) is 0 Å². The third-order valence-corrected chi connectivity index (χ3v) is 0.667. The Labute approximate surface area is 100 Å². The van der Waals surface area contributed by atoms with E-state index in [4.69, 9.17) is 0 Å². The average molecular weight is 252 g/mol. The minimum absolute atomic E-state index is 0. The summed E-state index contributed by atoms with van der Waals surface area (Å²) in [4.78, 5) is 0. The van der Waals surface area contributed by atoms with E-state index in [1.807, 2.05) is 36.4 Å². The summed E-state index contributed by atoms with van der Waals surface area (Å²) in [6, 6.07) is 12.0. The first-order chi connectivity index (χ1) is 3.00. The molecule has 0 bridgehead atoms. The largest absolute Gasteiger partial charge is 2.00 e. The van der Waals surface area contributed by atoms with Crippen LogP contribution in [0, 0.1) is 0 Å². The fraction of sp³-hybridized carbons (Fsp3) is 0. The molecule has 0 atom stereocenters. The minimum atomic E-state index is 0. The third kappa shape index (κ3) is 5.28. The molecule has 0 aliphatic rings. The van der Waals surface area contributed by atoms with Gasteiger partial charge in [0.15, 0.2) is 0 Å². The summed E-state index contributed by atoms with van der Waals surface area (Å²) < 4.78 is 0. The molecule has 0 radical (unpaired) electrons. The maximum Gasteiger partial charge on any atom is 2.00 e. The van der Waals surface area contributed by atoms with Crippen molar-refractivity contribution < 1.29 is 2.85 Å². The second-order valence-electron chi connectivity index (χ2n) is 1.15. The monoisotopic (exact) mass is 252 g/mol. The summed E-state index contributed by atoms with van der Waals surface area (Å²) in [5.41, 5.74) is 0. The van der Waals surface area contributed by atoms with Crippen LogP contribution >= 0.6 is 13.5 Å². The summed E-state index contributed by atoms with van der Waals surface area (Å²) in [5, 5.41) is 0. The van der Waals surface area contributed by atoms with Gasteiger partial charge in [0.2, 0.25) is 0 Å². The van der Waals surface area contributed by atoms with Crippen molar-refractivity contribution in [2.45, 2.75) is 0 Å². The van der Waals surface area contributed by atoms with E-state index in [0.29, 0.717) is 0 Å². The van der Waals surface area contributed by atoms with Crippen LogP contribution in [-0.2, 0) is 0 Å². The topological polar surface area (TPSA) is 0 Å². The third-order valence-electron chi connectivity index (χ3n) is 0.667. The molecule has 0 spiro atoms. The van der Waals surface area contributed by atoms with Crippen LogP contribution < -0.4 is 0 Å². The second kappa shape index (κ2) is 8.14. The van der Waals surface area contributed by atoms with Gasteiger partial charge in [-0.05, 0) is 0 Å². The van der Waals surface area contributed by atoms with Gasteiger partial charge in [0.25, 0.3) is 0 Å². The zero-order valence-electron chi connectivity index (χ0n) is 6.67. The zero-order valence-corrected chi connectivity index (χ0v) is 10.1. The van der Waals surface area contributed by atoms with Gasteiger partial charge in [-0.2, -0.15) is 13.5 Å². The smallest absolute Gasteiger partial charge is 1.00 e. The molecule has 1 aromatic rings. The van der Waals surface area contributed by atoms with Crippen LogP contribution in [0.5, 0.6) is 0 Å². The molecule has 0 nitrogen and oxygen atoms in total. The van der Waals surface area contributed by atoms with Crippen LogP contribution in [0.2, 0.25) is 0 Å². The summed E-state index contributed by atoms with van der Waals surface area (Å²) in [6.07, 6.45) is 0. The van der Waals surface area contributed by atoms with Gasteiger partial charge in [0, 0.05) is 0 Å². The summed E-state index contributed by atoms with van der Waals surface area (Å²) in [7, 11) is 0. The Morgan fingerprint density at radius 2 is 0.750 bits per heavy atom. The summed E-state index contributed by atoms with van der Waals surface area (Å²) in [5.74, 6) is 0. The molecular formula is C6H10BaS. The molecule has 8 heavy (non-hydrogen) atoms. The number of hydrogen-bond donors (Lipinski definition) is 0. The average Bonchev–Trinajstić information content (AvgIpc) is 1.72. The zero-order chi connectivity index (χ0) is 4.24. The summed E-state index contributed by atoms with van der Waals surface area (Å²) >= 11 is 0. The number of benzene rings is 1. The molecule has 1 aromatic carbocycles. The van der Waals surface area contributed by atoms with E-state index >= 15 is 0 Å². The van der Waals surface area contributed by atoms with Crippen LogP contribution in [0.15, 0.2) is 36.4 Å². The van der Waals surface area contributed by atoms with Crippen LogP contribution in [0.1, 0.15) is 2.85 Å². The van der Waals surface area contributed by atoms with Gasteiger partial charge in [0.1, 0.15) is 0 Å². The van der Waals surface area contributed by atoms with Gasteiger partial charge in [0.05, 0.1) is 0 Å². The minimum Gasteiger partial charge on any atom is -1.00 e. The van der Waals surface area contributed by atoms with E-state index in [-0.39, 0.29) is 65.2 Å². The number of rotatable bonds is 0. The Morgan fingerprint density at radius 3 is 0.875 bits per heavy atom. The van der Waals surface area contributed by atoms with Gasteiger partial charge in [-0.1, -0.05) is 36.4 Å². The van der Waals surface area contributed by atoms with Crippen LogP contribution in [0.25, 0.3) is 0 Å². The maximum atomic E-state index is 2.00. The van der Waals surface area contributed by atoms with Crippen LogP contribution in [0.4, 0.5) is 0 Å². The first-order valence-corrected chi connectivity index (χ1v) is 2.00. The molecule has 0 N–H and O–H groups in total. The van der Waals surface area contributed by atoms with E-state index in [9.17, 15) is 0 Å². The molecule has 0 amide bonds. The van der Waals surface area contributed by atoms with Crippen molar-refractivity contribution in [3.8, 4) is 0 Å². The first-order valence-electron chi connectivity index (χ1n) is 2.00. The molecule has 0 aliphatic heterocycles. The van der Waals surface area contributed by atoms with E-state index < -0.39 is 0 Å². The molecule has 0 aliphatic carbocycles. The van der Waals surface area contributed by atoms with E-state index in [1.165, 1.54) is 0 Å². The maximum absolute atomic E-state index is 2.00. The molecular weight excluding hydrogens is 241 g/mol. The van der Waals surface area contributed by atoms with Crippen molar-refractivity contribution in [1.82, 2.24) is 0 Å². The van der Waals surface area contributed by atoms with E-state index in [2.05, 4.69) is 0 Å². The molecule has 0 saturated heterocycles. The normalized spacial score (nSPS) is 6.00. The van der Waals surface area contributed by atoms with Crippen molar-refractivity contribution >= 4 is 62.4 Å². The van der Waals surface area contributed by atoms with Gasteiger partial charge in [-0.25, -0.2) is 0 Å². The molecule has 0 heterocycles. The SMILES string of the molecule is S.[Ba+2].[H-].[H-].c1ccccc1. The summed E-state index contributed by atoms with van der Waals surface area (Å²) in [6.45, 7) is 0. The fourth-order valence-corrected chi connectivity index (χ4v) is 0.385. The Kier molecular flexibility index (Phi) is 12.1. The molecule has 0 fully saturated rings. The van der Waals surface area contributed by atoms with Crippen molar-refractivity contribution in [2.75, 3.05) is 0 Å². The Bertz CT molecular complexity index is 87.7. The van der Waals surface area contributed by atoms with Gasteiger partial charge < -0.3 is 2.85 Å². The molecule has 2 heteroatoms. The standard InChI is InChI=1S/C6H6.Ba.H2S.2H/c1-2-4-6-5-3-1;;;;/h1-6H;;1H2;;/q;+2;;2*-1. The van der Waals surface area contributed by atoms with E-state index in [0.717, 1.165) is 0 Å². The first kappa shape index (κ1) is 11.9. The molecule has 1 rings (SSSR count). The molecule has 0 aromatic heterocycles. The van der Waals surface area contributed by atoms with Gasteiger partial charge in [-0.3, -0.25) is 0 Å². The Hall–Kier alpha value is 1.14. The van der Waals surface area contributed by atoms with Gasteiger partial charge in [-0.15, -0.1) is 0 Å². The van der Waals surface area contributed by atoms with Crippen molar-refractivity contribution in [3.63, 3.8) is 0 Å². The number of hydrogen-bond acceptors (Lipinski definition) is 0. The van der Waals surface area contributed by atoms with Crippen molar-refractivity contribution in [1.29, 1.82) is 0 Å². The molecule has 0 saturated carbocycles. The predicted molar refractivity (Wildman–Crippen MR) is 44.8 cm³/mol. The fourth-order valence-electron chi connectivity index (χ4n) is 0.385. The second-order valence-corrected chi connectivity index (χ2v) is 1.15. The van der Waals surface area contributed by atoms with Crippen LogP contribution in [-0.4, -0.2) is 48.9 Å². The van der Waals surface area contributed by atoms with E-state index in [1.54, 1.807) is 0 Å². The quantitative estimate of drug-likeness (QED) is 0.615. The Morgan fingerprint density at radius 1 is 0.625 bits per heavy atom. The Balaban J connectivity index is -0.0000000450. The van der Waals surface area contributed by atoms with Crippen molar-refractivity contribution in [2.24, 2.45) is 0 Å². The predicted octanol–water partition coefficient (Wildman–Crippen LogP) is 1.64. The molecule has 42 valence electrons. The molecule has 0 unspecified atom stereocenters. The van der Waals surface area contributed by atoms with Crippen molar-refractivity contribution in [3.05, 3.63) is 36.4 Å². The van der Waals surface area contributed by atoms with Gasteiger partial charge >= 0.3 is 48.9 Å².